The molecule has 7 nitrogen and oxygen atoms in total. The maximum absolute atomic E-state index is 12.6. The van der Waals surface area contributed by atoms with Crippen molar-refractivity contribution < 1.29 is 19.1 Å². The van der Waals surface area contributed by atoms with Crippen LogP contribution >= 0.6 is 23.2 Å². The maximum atomic E-state index is 12.6. The number of carbonyl (C=O) groups excluding carboxylic acids is 2. The Morgan fingerprint density at radius 1 is 1.28 bits per heavy atom. The number of methoxy groups -OCH3 is 1. The molecule has 2 aliphatic rings. The first kappa shape index (κ1) is 25.0. The zero-order valence-electron chi connectivity index (χ0n) is 18.6. The predicted octanol–water partition coefficient (Wildman–Crippen LogP) is 2.80. The average Bonchev–Trinajstić information content (AvgIpc) is 2.99. The fraction of sp³-hybridized carbons (Fsp3) is 0.565. The molecule has 2 atom stereocenters. The van der Waals surface area contributed by atoms with E-state index >= 15 is 0 Å². The number of benzene rings is 1. The molecule has 0 aliphatic carbocycles. The van der Waals surface area contributed by atoms with Gasteiger partial charge in [-0.15, -0.1) is 0 Å². The molecule has 0 saturated carbocycles. The second-order valence-electron chi connectivity index (χ2n) is 8.15. The molecule has 0 aromatic heterocycles. The smallest absolute Gasteiger partial charge is 0.246 e. The minimum atomic E-state index is -0.118. The number of rotatable bonds is 7. The quantitative estimate of drug-likeness (QED) is 0.558. The van der Waals surface area contributed by atoms with Crippen LogP contribution in [0.4, 0.5) is 0 Å². The molecule has 2 amide bonds. The molecule has 0 radical (unpaired) electrons. The van der Waals surface area contributed by atoms with E-state index in [1.807, 2.05) is 4.90 Å². The van der Waals surface area contributed by atoms with Gasteiger partial charge in [-0.05, 0) is 37.2 Å². The predicted molar refractivity (Wildman–Crippen MR) is 126 cm³/mol. The molecule has 0 spiro atoms. The first-order valence-electron chi connectivity index (χ1n) is 10.9. The van der Waals surface area contributed by atoms with Gasteiger partial charge in [0.2, 0.25) is 11.8 Å². The van der Waals surface area contributed by atoms with E-state index in [2.05, 4.69) is 11.9 Å². The molecule has 9 heteroatoms. The van der Waals surface area contributed by atoms with Crippen molar-refractivity contribution in [3.63, 3.8) is 0 Å². The van der Waals surface area contributed by atoms with E-state index in [0.717, 1.165) is 25.1 Å². The van der Waals surface area contributed by atoms with E-state index in [9.17, 15) is 9.59 Å². The molecular weight excluding hydrogens is 453 g/mol. The number of nitrogens with zero attached hydrogens (tertiary/aromatic N) is 3. The minimum absolute atomic E-state index is 0.0454. The molecule has 32 heavy (non-hydrogen) atoms. The summed E-state index contributed by atoms with van der Waals surface area (Å²) in [4.78, 5) is 31.1. The van der Waals surface area contributed by atoms with E-state index in [1.165, 1.54) is 6.08 Å². The van der Waals surface area contributed by atoms with Crippen LogP contribution in [0.2, 0.25) is 10.0 Å². The Hall–Kier alpha value is -1.64. The molecule has 176 valence electrons. The molecule has 1 aromatic rings. The fourth-order valence-corrected chi connectivity index (χ4v) is 4.39. The van der Waals surface area contributed by atoms with Gasteiger partial charge in [-0.3, -0.25) is 14.5 Å². The van der Waals surface area contributed by atoms with Crippen LogP contribution < -0.4 is 0 Å². The van der Waals surface area contributed by atoms with E-state index in [1.54, 1.807) is 36.3 Å². The molecule has 2 fully saturated rings. The number of carbonyl (C=O) groups is 2. The zero-order chi connectivity index (χ0) is 23.1. The van der Waals surface area contributed by atoms with Crippen molar-refractivity contribution in [3.8, 4) is 0 Å². The van der Waals surface area contributed by atoms with Gasteiger partial charge >= 0.3 is 0 Å². The molecule has 2 saturated heterocycles. The summed E-state index contributed by atoms with van der Waals surface area (Å²) in [5, 5.41) is 0.918. The lowest BCUT2D eigenvalue weighted by molar-refractivity contribution is -0.131. The molecular formula is C23H31Cl2N3O4. The number of hydrogen-bond donors (Lipinski definition) is 0. The van der Waals surface area contributed by atoms with Gasteiger partial charge in [-0.1, -0.05) is 29.3 Å². The third kappa shape index (κ3) is 6.68. The largest absolute Gasteiger partial charge is 0.379 e. The lowest BCUT2D eigenvalue weighted by Gasteiger charge is -2.37. The fourth-order valence-electron chi connectivity index (χ4n) is 4.09. The SMILES string of the molecule is COC1COCCC1N(C)CCN1CCN(C(=O)C=Cc2ccc(Cl)c(Cl)c2)CCC1=O. The lowest BCUT2D eigenvalue weighted by Crippen LogP contribution is -2.50. The van der Waals surface area contributed by atoms with Crippen molar-refractivity contribution in [2.45, 2.75) is 25.0 Å². The summed E-state index contributed by atoms with van der Waals surface area (Å²) in [6.45, 7) is 4.16. The van der Waals surface area contributed by atoms with Gasteiger partial charge in [0.1, 0.15) is 0 Å². The highest BCUT2D eigenvalue weighted by Gasteiger charge is 2.30. The van der Waals surface area contributed by atoms with Crippen LogP contribution in [-0.4, -0.2) is 98.8 Å². The van der Waals surface area contributed by atoms with Crippen molar-refractivity contribution in [3.05, 3.63) is 39.9 Å². The summed E-state index contributed by atoms with van der Waals surface area (Å²) in [6, 6.07) is 5.49. The third-order valence-electron chi connectivity index (χ3n) is 6.12. The highest BCUT2D eigenvalue weighted by Crippen LogP contribution is 2.23. The van der Waals surface area contributed by atoms with Gasteiger partial charge in [0.05, 0.1) is 22.8 Å². The van der Waals surface area contributed by atoms with Gasteiger partial charge < -0.3 is 19.3 Å². The van der Waals surface area contributed by atoms with Crippen LogP contribution in [0.5, 0.6) is 0 Å². The number of hydrogen-bond acceptors (Lipinski definition) is 5. The van der Waals surface area contributed by atoms with E-state index in [4.69, 9.17) is 32.7 Å². The third-order valence-corrected chi connectivity index (χ3v) is 6.86. The molecule has 0 bridgehead atoms. The second-order valence-corrected chi connectivity index (χ2v) is 8.96. The van der Waals surface area contributed by atoms with Crippen molar-refractivity contribution in [1.82, 2.24) is 14.7 Å². The van der Waals surface area contributed by atoms with Gasteiger partial charge in [0.25, 0.3) is 0 Å². The van der Waals surface area contributed by atoms with Crippen LogP contribution in [0, 0.1) is 0 Å². The molecule has 2 heterocycles. The topological polar surface area (TPSA) is 62.3 Å². The molecule has 2 unspecified atom stereocenters. The summed E-state index contributed by atoms with van der Waals surface area (Å²) in [6.07, 6.45) is 4.52. The van der Waals surface area contributed by atoms with Crippen LogP contribution in [0.15, 0.2) is 24.3 Å². The van der Waals surface area contributed by atoms with Crippen molar-refractivity contribution in [2.24, 2.45) is 0 Å². The Morgan fingerprint density at radius 3 is 2.84 bits per heavy atom. The van der Waals surface area contributed by atoms with Crippen LogP contribution in [0.25, 0.3) is 6.08 Å². The second kappa shape index (κ2) is 12.0. The molecule has 3 rings (SSSR count). The van der Waals surface area contributed by atoms with Crippen LogP contribution in [-0.2, 0) is 19.1 Å². The standard InChI is InChI=1S/C23H31Cl2N3O4/c1-26(20-8-14-32-16-21(20)31-2)10-11-28-13-12-27(9-7-23(28)30)22(29)6-4-17-3-5-18(24)19(25)15-17/h3-6,15,20-21H,7-14,16H2,1-2H3. The van der Waals surface area contributed by atoms with E-state index in [-0.39, 0.29) is 24.0 Å². The van der Waals surface area contributed by atoms with E-state index in [0.29, 0.717) is 49.3 Å². The Kier molecular flexibility index (Phi) is 9.37. The number of ether oxygens (including phenoxy) is 2. The maximum Gasteiger partial charge on any atom is 0.246 e. The van der Waals surface area contributed by atoms with Crippen LogP contribution in [0.3, 0.4) is 0 Å². The van der Waals surface area contributed by atoms with Crippen molar-refractivity contribution in [2.75, 3.05) is 60.1 Å². The molecule has 2 aliphatic heterocycles. The van der Waals surface area contributed by atoms with Gasteiger partial charge in [0, 0.05) is 65.0 Å². The lowest BCUT2D eigenvalue weighted by atomic mass is 10.0. The van der Waals surface area contributed by atoms with Crippen molar-refractivity contribution in [1.29, 1.82) is 0 Å². The number of amides is 2. The first-order valence-corrected chi connectivity index (χ1v) is 11.6. The average molecular weight is 484 g/mol. The summed E-state index contributed by atoms with van der Waals surface area (Å²) < 4.78 is 11.1. The Labute approximate surface area is 199 Å². The van der Waals surface area contributed by atoms with Gasteiger partial charge in [-0.2, -0.15) is 0 Å². The monoisotopic (exact) mass is 483 g/mol. The number of halogens is 2. The normalized spacial score (nSPS) is 22.6. The van der Waals surface area contributed by atoms with Gasteiger partial charge in [-0.25, -0.2) is 0 Å². The number of likely N-dealkylation sites (N-methyl/N-ethyl adjacent to an activating group) is 1. The summed E-state index contributed by atoms with van der Waals surface area (Å²) >= 11 is 12.0. The highest BCUT2D eigenvalue weighted by atomic mass is 35.5. The molecule has 1 aromatic carbocycles. The van der Waals surface area contributed by atoms with Gasteiger partial charge in [0.15, 0.2) is 0 Å². The van der Waals surface area contributed by atoms with Crippen molar-refractivity contribution >= 4 is 41.1 Å². The zero-order valence-corrected chi connectivity index (χ0v) is 20.1. The molecule has 0 N–H and O–H groups in total. The van der Waals surface area contributed by atoms with Crippen LogP contribution in [0.1, 0.15) is 18.4 Å². The minimum Gasteiger partial charge on any atom is -0.379 e. The summed E-state index contributed by atoms with van der Waals surface area (Å²) in [5.74, 6) is -0.0367. The highest BCUT2D eigenvalue weighted by molar-refractivity contribution is 6.42. The Balaban J connectivity index is 1.51. The first-order chi connectivity index (χ1) is 15.4. The summed E-state index contributed by atoms with van der Waals surface area (Å²) in [7, 11) is 3.77. The summed E-state index contributed by atoms with van der Waals surface area (Å²) in [5.41, 5.74) is 0.797. The Morgan fingerprint density at radius 2 is 2.09 bits per heavy atom. The van der Waals surface area contributed by atoms with E-state index < -0.39 is 0 Å². The Bertz CT molecular complexity index is 835.